The lowest BCUT2D eigenvalue weighted by Gasteiger charge is -2.06. The van der Waals surface area contributed by atoms with Crippen LogP contribution in [0.3, 0.4) is 0 Å². The van der Waals surface area contributed by atoms with E-state index >= 15 is 0 Å². The van der Waals surface area contributed by atoms with Crippen molar-refractivity contribution in [3.8, 4) is 0 Å². The molecule has 0 aliphatic heterocycles. The van der Waals surface area contributed by atoms with Gasteiger partial charge in [0.05, 0.1) is 5.02 Å². The summed E-state index contributed by atoms with van der Waals surface area (Å²) in [5, 5.41) is -0.664. The van der Waals surface area contributed by atoms with E-state index in [1.807, 2.05) is 0 Å². The van der Waals surface area contributed by atoms with Gasteiger partial charge >= 0.3 is 0 Å². The molecule has 1 rings (SSSR count). The first-order valence-corrected chi connectivity index (χ1v) is 6.80. The van der Waals surface area contributed by atoms with Crippen molar-refractivity contribution >= 4 is 47.3 Å². The van der Waals surface area contributed by atoms with Gasteiger partial charge in [-0.2, -0.15) is 0 Å². The summed E-state index contributed by atoms with van der Waals surface area (Å²) in [5.74, 6) is 0. The molecule has 0 unspecified atom stereocenters. The minimum absolute atomic E-state index is 0.0820. The van der Waals surface area contributed by atoms with Crippen molar-refractivity contribution in [2.24, 2.45) is 0 Å². The molecule has 1 heterocycles. The standard InChI is InChI=1S/C6H2BrCl2F2NO2S/c7-3-1-2(15(9,13)14)4(8)5(12-3)6(10)11/h1,6H. The molecule has 0 saturated heterocycles. The van der Waals surface area contributed by atoms with E-state index in [2.05, 4.69) is 20.9 Å². The first kappa shape index (κ1) is 13.1. The SMILES string of the molecule is O=S(=O)(Cl)c1cc(Br)nc(C(F)F)c1Cl. The summed E-state index contributed by atoms with van der Waals surface area (Å²) in [6, 6.07) is 0.955. The van der Waals surface area contributed by atoms with Crippen molar-refractivity contribution in [3.63, 3.8) is 0 Å². The summed E-state index contributed by atoms with van der Waals surface area (Å²) < 4.78 is 46.6. The van der Waals surface area contributed by atoms with Crippen LogP contribution in [-0.2, 0) is 9.05 Å². The van der Waals surface area contributed by atoms with Crippen molar-refractivity contribution in [3.05, 3.63) is 21.4 Å². The molecule has 9 heteroatoms. The Hall–Kier alpha value is 0.0200. The number of rotatable bonds is 2. The van der Waals surface area contributed by atoms with Crippen LogP contribution >= 0.6 is 38.2 Å². The molecule has 1 aromatic rings. The van der Waals surface area contributed by atoms with Crippen molar-refractivity contribution < 1.29 is 17.2 Å². The van der Waals surface area contributed by atoms with E-state index < -0.39 is 31.1 Å². The van der Waals surface area contributed by atoms with Gasteiger partial charge in [0, 0.05) is 10.7 Å². The Morgan fingerprint density at radius 2 is 2.00 bits per heavy atom. The Morgan fingerprint density at radius 3 is 2.40 bits per heavy atom. The van der Waals surface area contributed by atoms with Gasteiger partial charge in [-0.15, -0.1) is 0 Å². The van der Waals surface area contributed by atoms with Crippen molar-refractivity contribution in [1.82, 2.24) is 4.98 Å². The van der Waals surface area contributed by atoms with Crippen molar-refractivity contribution in [2.75, 3.05) is 0 Å². The van der Waals surface area contributed by atoms with Gasteiger partial charge in [-0.05, 0) is 22.0 Å². The van der Waals surface area contributed by atoms with E-state index in [9.17, 15) is 17.2 Å². The molecule has 0 aromatic carbocycles. The van der Waals surface area contributed by atoms with Crippen LogP contribution in [0.5, 0.6) is 0 Å². The molecule has 0 bridgehead atoms. The zero-order chi connectivity index (χ0) is 11.8. The first-order chi connectivity index (χ1) is 6.73. The van der Waals surface area contributed by atoms with Crippen LogP contribution in [0, 0.1) is 0 Å². The molecular weight excluding hydrogens is 339 g/mol. The van der Waals surface area contributed by atoms with Crippen LogP contribution in [0.15, 0.2) is 15.6 Å². The normalized spacial score (nSPS) is 12.1. The number of nitrogens with zero attached hydrogens (tertiary/aromatic N) is 1. The van der Waals surface area contributed by atoms with Gasteiger partial charge in [-0.3, -0.25) is 0 Å². The van der Waals surface area contributed by atoms with E-state index in [1.165, 1.54) is 0 Å². The smallest absolute Gasteiger partial charge is 0.238 e. The van der Waals surface area contributed by atoms with Gasteiger partial charge in [0.1, 0.15) is 15.2 Å². The average Bonchev–Trinajstić information content (AvgIpc) is 2.06. The van der Waals surface area contributed by atoms with E-state index in [0.29, 0.717) is 0 Å². The fourth-order valence-electron chi connectivity index (χ4n) is 0.816. The van der Waals surface area contributed by atoms with Gasteiger partial charge in [-0.1, -0.05) is 11.6 Å². The molecule has 84 valence electrons. The molecule has 0 radical (unpaired) electrons. The summed E-state index contributed by atoms with van der Waals surface area (Å²) in [7, 11) is 0.832. The maximum absolute atomic E-state index is 12.4. The van der Waals surface area contributed by atoms with Crippen LogP contribution in [-0.4, -0.2) is 13.4 Å². The second kappa shape index (κ2) is 4.48. The summed E-state index contributed by atoms with van der Waals surface area (Å²) >= 11 is 8.22. The fourth-order valence-corrected chi connectivity index (χ4v) is 2.93. The first-order valence-electron chi connectivity index (χ1n) is 3.32. The highest BCUT2D eigenvalue weighted by atomic mass is 79.9. The highest BCUT2D eigenvalue weighted by Crippen LogP contribution is 2.34. The lowest BCUT2D eigenvalue weighted by Crippen LogP contribution is -2.00. The molecule has 1 aromatic heterocycles. The van der Waals surface area contributed by atoms with E-state index in [1.54, 1.807) is 0 Å². The monoisotopic (exact) mass is 339 g/mol. The number of hydrogen-bond acceptors (Lipinski definition) is 3. The molecule has 0 amide bonds. The number of halogens is 5. The highest BCUT2D eigenvalue weighted by Gasteiger charge is 2.24. The summed E-state index contributed by atoms with van der Waals surface area (Å²) in [5.41, 5.74) is -0.828. The number of pyridine rings is 1. The average molecular weight is 341 g/mol. The summed E-state index contributed by atoms with van der Waals surface area (Å²) in [4.78, 5) is 2.76. The van der Waals surface area contributed by atoms with Gasteiger partial charge in [0.2, 0.25) is 0 Å². The van der Waals surface area contributed by atoms with Crippen LogP contribution in [0.25, 0.3) is 0 Å². The zero-order valence-corrected chi connectivity index (χ0v) is 10.6. The largest absolute Gasteiger partial charge is 0.281 e. The minimum Gasteiger partial charge on any atom is -0.238 e. The van der Waals surface area contributed by atoms with Gasteiger partial charge in [-0.25, -0.2) is 22.2 Å². The Kier molecular flexibility index (Phi) is 3.91. The molecule has 3 nitrogen and oxygen atoms in total. The third-order valence-corrected chi connectivity index (χ3v) is 3.65. The quantitative estimate of drug-likeness (QED) is 0.612. The third-order valence-electron chi connectivity index (χ3n) is 1.39. The van der Waals surface area contributed by atoms with Crippen molar-refractivity contribution in [1.29, 1.82) is 0 Å². The summed E-state index contributed by atoms with van der Waals surface area (Å²) in [6.07, 6.45) is -2.98. The van der Waals surface area contributed by atoms with Crippen LogP contribution < -0.4 is 0 Å². The molecular formula is C6H2BrCl2F2NO2S. The number of aromatic nitrogens is 1. The number of hydrogen-bond donors (Lipinski definition) is 0. The second-order valence-electron chi connectivity index (χ2n) is 2.38. The van der Waals surface area contributed by atoms with E-state index in [0.717, 1.165) is 6.07 Å². The second-order valence-corrected chi connectivity index (χ2v) is 6.11. The summed E-state index contributed by atoms with van der Waals surface area (Å²) in [6.45, 7) is 0. The van der Waals surface area contributed by atoms with Gasteiger partial charge in [0.25, 0.3) is 15.5 Å². The maximum atomic E-state index is 12.4. The molecule has 0 saturated carbocycles. The molecule has 0 aliphatic carbocycles. The molecule has 0 aliphatic rings. The number of alkyl halides is 2. The van der Waals surface area contributed by atoms with Crippen molar-refractivity contribution in [2.45, 2.75) is 11.3 Å². The molecule has 0 spiro atoms. The molecule has 0 fully saturated rings. The third kappa shape index (κ3) is 2.99. The fraction of sp³-hybridized carbons (Fsp3) is 0.167. The molecule has 0 atom stereocenters. The van der Waals surface area contributed by atoms with Crippen LogP contribution in [0.2, 0.25) is 5.02 Å². The Morgan fingerprint density at radius 1 is 1.47 bits per heavy atom. The Bertz CT molecular complexity index is 494. The topological polar surface area (TPSA) is 47.0 Å². The Labute approximate surface area is 102 Å². The predicted molar refractivity (Wildman–Crippen MR) is 54.9 cm³/mol. The zero-order valence-electron chi connectivity index (χ0n) is 6.72. The van der Waals surface area contributed by atoms with E-state index in [-0.39, 0.29) is 4.60 Å². The van der Waals surface area contributed by atoms with Gasteiger partial charge < -0.3 is 0 Å². The predicted octanol–water partition coefficient (Wildman–Crippen LogP) is 3.36. The van der Waals surface area contributed by atoms with Crippen LogP contribution in [0.1, 0.15) is 12.1 Å². The lowest BCUT2D eigenvalue weighted by atomic mass is 10.3. The van der Waals surface area contributed by atoms with Crippen LogP contribution in [0.4, 0.5) is 8.78 Å². The maximum Gasteiger partial charge on any atom is 0.281 e. The van der Waals surface area contributed by atoms with Gasteiger partial charge in [0.15, 0.2) is 0 Å². The molecule has 15 heavy (non-hydrogen) atoms. The lowest BCUT2D eigenvalue weighted by molar-refractivity contribution is 0.145. The highest BCUT2D eigenvalue weighted by molar-refractivity contribution is 9.10. The molecule has 0 N–H and O–H groups in total. The van der Waals surface area contributed by atoms with E-state index in [4.69, 9.17) is 22.3 Å². The minimum atomic E-state index is -4.18. The Balaban J connectivity index is 3.56.